The number of carbonyl (C=O) groups excluding carboxylic acids is 1. The van der Waals surface area contributed by atoms with Gasteiger partial charge in [-0.3, -0.25) is 9.59 Å². The van der Waals surface area contributed by atoms with E-state index in [1.165, 1.54) is 0 Å². The lowest BCUT2D eigenvalue weighted by Crippen LogP contribution is -2.15. The second kappa shape index (κ2) is 40.7. The average Bonchev–Trinajstić information content (AvgIpc) is 3.06. The molecule has 0 aliphatic heterocycles. The predicted molar refractivity (Wildman–Crippen MR) is 171 cm³/mol. The van der Waals surface area contributed by atoms with Gasteiger partial charge in [0.25, 0.3) is 0 Å². The summed E-state index contributed by atoms with van der Waals surface area (Å²) in [5.74, 6) is -1.03. The monoisotopic (exact) mass is 686 g/mol. The van der Waals surface area contributed by atoms with Crippen LogP contribution < -0.4 is 0 Å². The number of rotatable bonds is 41. The van der Waals surface area contributed by atoms with Gasteiger partial charge in [0, 0.05) is 6.42 Å². The van der Waals surface area contributed by atoms with Gasteiger partial charge in [-0.1, -0.05) is 26.2 Å². The SMILES string of the molecule is CCCCCCC(=O)OCCOCCOCCOCCOCCOCCOCCOCCOCCOCCOCCOCCC(=O)O. The molecule has 0 spiro atoms. The van der Waals surface area contributed by atoms with Crippen LogP contribution in [0.2, 0.25) is 0 Å². The highest BCUT2D eigenvalue weighted by atomic mass is 16.6. The molecule has 0 aromatic carbocycles. The van der Waals surface area contributed by atoms with Crippen LogP contribution in [0.25, 0.3) is 0 Å². The minimum Gasteiger partial charge on any atom is -0.481 e. The van der Waals surface area contributed by atoms with Crippen molar-refractivity contribution >= 4 is 11.9 Å². The molecule has 1 N–H and O–H groups in total. The highest BCUT2D eigenvalue weighted by Crippen LogP contribution is 2.03. The zero-order valence-corrected chi connectivity index (χ0v) is 28.7. The number of unbranched alkanes of at least 4 members (excludes halogenated alkanes) is 3. The first-order chi connectivity index (χ1) is 23.2. The van der Waals surface area contributed by atoms with Crippen molar-refractivity contribution < 1.29 is 71.5 Å². The van der Waals surface area contributed by atoms with Crippen molar-refractivity contribution in [2.24, 2.45) is 0 Å². The maximum Gasteiger partial charge on any atom is 0.305 e. The van der Waals surface area contributed by atoms with E-state index in [-0.39, 0.29) is 25.6 Å². The quantitative estimate of drug-likeness (QED) is 0.0734. The fraction of sp³-hybridized carbons (Fsp3) is 0.938. The standard InChI is InChI=1S/C32H62O15/c1-2-3-4-5-6-32(35)47-30-29-46-28-27-45-26-25-44-24-23-43-22-21-42-20-19-41-18-17-40-16-15-39-14-13-38-12-11-37-10-9-36-8-7-31(33)34/h2-30H2,1H3,(H,33,34). The Balaban J connectivity index is 3.08. The lowest BCUT2D eigenvalue weighted by molar-refractivity contribution is -0.145. The zero-order chi connectivity index (χ0) is 34.1. The van der Waals surface area contributed by atoms with E-state index >= 15 is 0 Å². The normalized spacial score (nSPS) is 11.3. The molecule has 0 saturated heterocycles. The summed E-state index contributed by atoms with van der Waals surface area (Å²) in [5, 5.41) is 8.49. The maximum atomic E-state index is 11.5. The summed E-state index contributed by atoms with van der Waals surface area (Å²) in [6, 6.07) is 0. The predicted octanol–water partition coefficient (Wildman–Crippen LogP) is 2.16. The lowest BCUT2D eigenvalue weighted by Gasteiger charge is -2.09. The largest absolute Gasteiger partial charge is 0.481 e. The fourth-order valence-corrected chi connectivity index (χ4v) is 3.44. The van der Waals surface area contributed by atoms with Crippen molar-refractivity contribution in [3.05, 3.63) is 0 Å². The molecule has 15 nitrogen and oxygen atoms in total. The molecule has 47 heavy (non-hydrogen) atoms. The van der Waals surface area contributed by atoms with E-state index in [0.717, 1.165) is 25.7 Å². The van der Waals surface area contributed by atoms with Gasteiger partial charge in [-0.05, 0) is 6.42 Å². The number of esters is 1. The van der Waals surface area contributed by atoms with E-state index in [9.17, 15) is 9.59 Å². The Morgan fingerprint density at radius 2 is 0.638 bits per heavy atom. The maximum absolute atomic E-state index is 11.5. The molecule has 0 amide bonds. The van der Waals surface area contributed by atoms with Crippen molar-refractivity contribution in [1.29, 1.82) is 0 Å². The fourth-order valence-electron chi connectivity index (χ4n) is 3.44. The van der Waals surface area contributed by atoms with Gasteiger partial charge in [0.2, 0.25) is 0 Å². The van der Waals surface area contributed by atoms with Crippen LogP contribution in [0.15, 0.2) is 0 Å². The molecule has 0 rings (SSSR count). The number of carboxylic acid groups (broad SMARTS) is 1. The molecule has 0 fully saturated rings. The first-order valence-corrected chi connectivity index (χ1v) is 16.9. The van der Waals surface area contributed by atoms with Crippen LogP contribution in [0.5, 0.6) is 0 Å². The van der Waals surface area contributed by atoms with E-state index in [2.05, 4.69) is 6.92 Å². The third kappa shape index (κ3) is 42.5. The van der Waals surface area contributed by atoms with Crippen molar-refractivity contribution in [3.8, 4) is 0 Å². The highest BCUT2D eigenvalue weighted by Gasteiger charge is 2.02. The second-order valence-electron chi connectivity index (χ2n) is 9.91. The van der Waals surface area contributed by atoms with Crippen LogP contribution in [0.4, 0.5) is 0 Å². The molecule has 0 radical (unpaired) electrons. The van der Waals surface area contributed by atoms with Gasteiger partial charge < -0.3 is 61.9 Å². The Kier molecular flexibility index (Phi) is 39.4. The van der Waals surface area contributed by atoms with Crippen LogP contribution in [0, 0.1) is 0 Å². The van der Waals surface area contributed by atoms with Crippen LogP contribution in [0.3, 0.4) is 0 Å². The summed E-state index contributed by atoms with van der Waals surface area (Å²) < 4.78 is 64.5. The smallest absolute Gasteiger partial charge is 0.305 e. The molecule has 0 aliphatic carbocycles. The molecule has 15 heteroatoms. The molecule has 280 valence electrons. The Morgan fingerprint density at radius 1 is 0.362 bits per heavy atom. The molecule has 0 saturated carbocycles. The van der Waals surface area contributed by atoms with Crippen LogP contribution >= 0.6 is 0 Å². The molecule has 0 heterocycles. The lowest BCUT2D eigenvalue weighted by atomic mass is 10.2. The topological polar surface area (TPSA) is 165 Å². The molecule has 0 unspecified atom stereocenters. The Bertz CT molecular complexity index is 642. The van der Waals surface area contributed by atoms with Gasteiger partial charge >= 0.3 is 11.9 Å². The number of carbonyl (C=O) groups is 2. The number of ether oxygens (including phenoxy) is 12. The van der Waals surface area contributed by atoms with Gasteiger partial charge in [0.1, 0.15) is 6.61 Å². The van der Waals surface area contributed by atoms with E-state index in [0.29, 0.717) is 145 Å². The van der Waals surface area contributed by atoms with E-state index < -0.39 is 5.97 Å². The van der Waals surface area contributed by atoms with Crippen LogP contribution in [-0.4, -0.2) is 169 Å². The van der Waals surface area contributed by atoms with Gasteiger partial charge in [-0.25, -0.2) is 0 Å². The van der Waals surface area contributed by atoms with Crippen LogP contribution in [-0.2, 0) is 66.4 Å². The molecule has 0 atom stereocenters. The Morgan fingerprint density at radius 3 is 0.915 bits per heavy atom. The summed E-state index contributed by atoms with van der Waals surface area (Å²) in [7, 11) is 0. The summed E-state index contributed by atoms with van der Waals surface area (Å²) >= 11 is 0. The zero-order valence-electron chi connectivity index (χ0n) is 28.7. The van der Waals surface area contributed by atoms with Gasteiger partial charge in [-0.2, -0.15) is 0 Å². The van der Waals surface area contributed by atoms with Crippen LogP contribution in [0.1, 0.15) is 45.4 Å². The van der Waals surface area contributed by atoms with Crippen molar-refractivity contribution in [2.75, 3.05) is 152 Å². The third-order valence-electron chi connectivity index (χ3n) is 5.91. The molecular weight excluding hydrogens is 624 g/mol. The first-order valence-electron chi connectivity index (χ1n) is 16.9. The first kappa shape index (κ1) is 45.5. The third-order valence-corrected chi connectivity index (χ3v) is 5.91. The minimum atomic E-state index is -0.876. The number of hydrogen-bond acceptors (Lipinski definition) is 14. The number of aliphatic carboxylic acids is 1. The van der Waals surface area contributed by atoms with Crippen molar-refractivity contribution in [1.82, 2.24) is 0 Å². The second-order valence-corrected chi connectivity index (χ2v) is 9.91. The van der Waals surface area contributed by atoms with E-state index in [4.69, 9.17) is 61.9 Å². The van der Waals surface area contributed by atoms with Gasteiger partial charge in [0.05, 0.1) is 152 Å². The molecule has 0 aromatic rings. The molecular formula is C32H62O15. The van der Waals surface area contributed by atoms with E-state index in [1.807, 2.05) is 0 Å². The van der Waals surface area contributed by atoms with Gasteiger partial charge in [0.15, 0.2) is 0 Å². The van der Waals surface area contributed by atoms with Crippen molar-refractivity contribution in [3.63, 3.8) is 0 Å². The van der Waals surface area contributed by atoms with E-state index in [1.54, 1.807) is 0 Å². The van der Waals surface area contributed by atoms with Crippen molar-refractivity contribution in [2.45, 2.75) is 45.4 Å². The summed E-state index contributed by atoms with van der Waals surface area (Å²) in [6.07, 6.45) is 4.73. The Hall–Kier alpha value is -1.50. The highest BCUT2D eigenvalue weighted by molar-refractivity contribution is 5.69. The molecule has 0 aliphatic rings. The average molecular weight is 687 g/mol. The number of hydrogen-bond donors (Lipinski definition) is 1. The minimum absolute atomic E-state index is 0.00475. The summed E-state index contributed by atoms with van der Waals surface area (Å²) in [4.78, 5) is 21.9. The molecule has 0 bridgehead atoms. The Labute approximate surface area is 281 Å². The summed E-state index contributed by atoms with van der Waals surface area (Å²) in [5.41, 5.74) is 0. The number of carboxylic acids is 1. The summed E-state index contributed by atoms with van der Waals surface area (Å²) in [6.45, 7) is 12.3. The van der Waals surface area contributed by atoms with Gasteiger partial charge in [-0.15, -0.1) is 0 Å². The molecule has 0 aromatic heterocycles.